The first-order valence-corrected chi connectivity index (χ1v) is 9.77. The quantitative estimate of drug-likeness (QED) is 0.757. The number of ether oxygens (including phenoxy) is 1. The number of aliphatic hydroxyl groups is 1. The molecule has 2 aromatic rings. The third-order valence-electron chi connectivity index (χ3n) is 5.21. The second-order valence-electron chi connectivity index (χ2n) is 7.47. The van der Waals surface area contributed by atoms with Gasteiger partial charge < -0.3 is 9.84 Å². The molecule has 1 aliphatic carbocycles. The Bertz CT molecular complexity index is 663. The fraction of sp³-hybridized carbons (Fsp3) is 0.435. The van der Waals surface area contributed by atoms with Gasteiger partial charge in [0.15, 0.2) is 0 Å². The molecular weight excluding hydrogens is 338 g/mol. The van der Waals surface area contributed by atoms with Crippen molar-refractivity contribution in [3.63, 3.8) is 0 Å². The van der Waals surface area contributed by atoms with E-state index < -0.39 is 12.2 Å². The van der Waals surface area contributed by atoms with Crippen molar-refractivity contribution >= 4 is 5.97 Å². The molecule has 4 heteroatoms. The van der Waals surface area contributed by atoms with E-state index in [9.17, 15) is 9.90 Å². The third kappa shape index (κ3) is 5.91. The molecule has 0 spiro atoms. The van der Waals surface area contributed by atoms with Crippen LogP contribution in [0.1, 0.15) is 37.3 Å². The highest BCUT2D eigenvalue weighted by Crippen LogP contribution is 2.29. The van der Waals surface area contributed by atoms with E-state index in [-0.39, 0.29) is 11.9 Å². The van der Waals surface area contributed by atoms with Crippen molar-refractivity contribution in [2.24, 2.45) is 5.92 Å². The van der Waals surface area contributed by atoms with Gasteiger partial charge in [-0.25, -0.2) is 0 Å². The van der Waals surface area contributed by atoms with Crippen LogP contribution in [0.5, 0.6) is 0 Å². The monoisotopic (exact) mass is 367 g/mol. The summed E-state index contributed by atoms with van der Waals surface area (Å²) in [5.74, 6) is -0.173. The summed E-state index contributed by atoms with van der Waals surface area (Å²) < 4.78 is 5.50. The van der Waals surface area contributed by atoms with Crippen molar-refractivity contribution in [2.45, 2.75) is 51.5 Å². The molecule has 0 saturated heterocycles. The topological polar surface area (TPSA) is 49.8 Å². The molecule has 0 aromatic heterocycles. The Balaban J connectivity index is 1.75. The fourth-order valence-corrected chi connectivity index (χ4v) is 3.99. The van der Waals surface area contributed by atoms with Gasteiger partial charge in [-0.2, -0.15) is 0 Å². The highest BCUT2D eigenvalue weighted by molar-refractivity contribution is 5.66. The van der Waals surface area contributed by atoms with Crippen LogP contribution in [0.3, 0.4) is 0 Å². The second kappa shape index (κ2) is 9.67. The Morgan fingerprint density at radius 2 is 1.56 bits per heavy atom. The highest BCUT2D eigenvalue weighted by atomic mass is 16.6. The van der Waals surface area contributed by atoms with Crippen LogP contribution in [0.15, 0.2) is 60.7 Å². The van der Waals surface area contributed by atoms with Crippen LogP contribution in [0.4, 0.5) is 0 Å². The first-order chi connectivity index (χ1) is 13.1. The molecular formula is C23H29NO3. The molecule has 3 atom stereocenters. The second-order valence-corrected chi connectivity index (χ2v) is 7.47. The van der Waals surface area contributed by atoms with Gasteiger partial charge in [0, 0.05) is 32.5 Å². The van der Waals surface area contributed by atoms with E-state index >= 15 is 0 Å². The lowest BCUT2D eigenvalue weighted by Gasteiger charge is -2.37. The summed E-state index contributed by atoms with van der Waals surface area (Å²) in [6, 6.07) is 20.8. The van der Waals surface area contributed by atoms with Gasteiger partial charge in [-0.05, 0) is 24.0 Å². The standard InChI is InChI=1S/C23H29NO3/c1-18(25)27-23-21(13-8-14-22(23)26)17-24(15-19-9-4-2-5-10-19)16-20-11-6-3-7-12-20/h2-7,9-12,21-23,26H,8,13-17H2,1H3/t21-,22-,23+/m0/s1. The molecule has 4 nitrogen and oxygen atoms in total. The summed E-state index contributed by atoms with van der Waals surface area (Å²) in [4.78, 5) is 13.9. The molecule has 0 aliphatic heterocycles. The van der Waals surface area contributed by atoms with Gasteiger partial charge in [-0.1, -0.05) is 67.1 Å². The Morgan fingerprint density at radius 1 is 1.00 bits per heavy atom. The van der Waals surface area contributed by atoms with Crippen molar-refractivity contribution in [3.05, 3.63) is 71.8 Å². The van der Waals surface area contributed by atoms with Gasteiger partial charge >= 0.3 is 5.97 Å². The summed E-state index contributed by atoms with van der Waals surface area (Å²) in [7, 11) is 0. The van der Waals surface area contributed by atoms with Crippen molar-refractivity contribution in [1.29, 1.82) is 0 Å². The Kier molecular flexibility index (Phi) is 7.02. The number of aliphatic hydroxyl groups excluding tert-OH is 1. The molecule has 27 heavy (non-hydrogen) atoms. The van der Waals surface area contributed by atoms with Crippen LogP contribution in [-0.2, 0) is 22.6 Å². The molecule has 1 fully saturated rings. The number of benzene rings is 2. The average molecular weight is 367 g/mol. The van der Waals surface area contributed by atoms with E-state index in [4.69, 9.17) is 4.74 Å². The van der Waals surface area contributed by atoms with Crippen LogP contribution in [0.2, 0.25) is 0 Å². The molecule has 0 bridgehead atoms. The minimum Gasteiger partial charge on any atom is -0.459 e. The van der Waals surface area contributed by atoms with Crippen molar-refractivity contribution in [1.82, 2.24) is 4.90 Å². The van der Waals surface area contributed by atoms with Crippen LogP contribution in [0.25, 0.3) is 0 Å². The van der Waals surface area contributed by atoms with E-state index in [1.165, 1.54) is 18.1 Å². The lowest BCUT2D eigenvalue weighted by Crippen LogP contribution is -2.45. The maximum Gasteiger partial charge on any atom is 0.303 e. The van der Waals surface area contributed by atoms with Crippen molar-refractivity contribution < 1.29 is 14.6 Å². The van der Waals surface area contributed by atoms with Gasteiger partial charge in [-0.3, -0.25) is 9.69 Å². The predicted octanol–water partition coefficient (Wildman–Crippen LogP) is 3.78. The molecule has 2 aromatic carbocycles. The van der Waals surface area contributed by atoms with Crippen LogP contribution >= 0.6 is 0 Å². The molecule has 0 amide bonds. The van der Waals surface area contributed by atoms with Gasteiger partial charge in [0.05, 0.1) is 6.10 Å². The smallest absolute Gasteiger partial charge is 0.303 e. The van der Waals surface area contributed by atoms with E-state index in [2.05, 4.69) is 53.4 Å². The molecule has 3 rings (SSSR count). The molecule has 144 valence electrons. The maximum absolute atomic E-state index is 11.5. The number of rotatable bonds is 7. The zero-order chi connectivity index (χ0) is 19.1. The number of carbonyl (C=O) groups is 1. The molecule has 1 aliphatic rings. The predicted molar refractivity (Wildman–Crippen MR) is 106 cm³/mol. The zero-order valence-corrected chi connectivity index (χ0v) is 16.0. The number of hydrogen-bond acceptors (Lipinski definition) is 4. The summed E-state index contributed by atoms with van der Waals surface area (Å²) in [6.07, 6.45) is 1.66. The Morgan fingerprint density at radius 3 is 2.07 bits per heavy atom. The number of nitrogens with zero attached hydrogens (tertiary/aromatic N) is 1. The summed E-state index contributed by atoms with van der Waals surface area (Å²) in [6.45, 7) is 3.87. The zero-order valence-electron chi connectivity index (χ0n) is 16.0. The lowest BCUT2D eigenvalue weighted by molar-refractivity contribution is -0.161. The van der Waals surface area contributed by atoms with Gasteiger partial charge in [0.25, 0.3) is 0 Å². The van der Waals surface area contributed by atoms with Gasteiger partial charge in [-0.15, -0.1) is 0 Å². The first-order valence-electron chi connectivity index (χ1n) is 9.77. The Labute approximate surface area is 161 Å². The summed E-state index contributed by atoms with van der Waals surface area (Å²) >= 11 is 0. The average Bonchev–Trinajstić information content (AvgIpc) is 2.66. The van der Waals surface area contributed by atoms with E-state index in [0.29, 0.717) is 6.42 Å². The maximum atomic E-state index is 11.5. The van der Waals surface area contributed by atoms with Crippen LogP contribution in [0, 0.1) is 5.92 Å². The summed E-state index contributed by atoms with van der Waals surface area (Å²) in [5, 5.41) is 10.4. The van der Waals surface area contributed by atoms with E-state index in [1.807, 2.05) is 12.1 Å². The van der Waals surface area contributed by atoms with E-state index in [0.717, 1.165) is 32.5 Å². The highest BCUT2D eigenvalue weighted by Gasteiger charge is 2.35. The molecule has 1 saturated carbocycles. The first kappa shape index (κ1) is 19.6. The van der Waals surface area contributed by atoms with Gasteiger partial charge in [0.1, 0.15) is 6.10 Å². The van der Waals surface area contributed by atoms with Gasteiger partial charge in [0.2, 0.25) is 0 Å². The van der Waals surface area contributed by atoms with Crippen LogP contribution < -0.4 is 0 Å². The molecule has 1 N–H and O–H groups in total. The van der Waals surface area contributed by atoms with Crippen LogP contribution in [-0.4, -0.2) is 34.7 Å². The SMILES string of the molecule is CC(=O)O[C@@H]1[C@H](CN(Cc2ccccc2)Cc2ccccc2)CCC[C@@H]1O. The van der Waals surface area contributed by atoms with Crippen molar-refractivity contribution in [3.8, 4) is 0 Å². The molecule has 0 unspecified atom stereocenters. The number of carbonyl (C=O) groups excluding carboxylic acids is 1. The minimum absolute atomic E-state index is 0.144. The van der Waals surface area contributed by atoms with E-state index in [1.54, 1.807) is 0 Å². The molecule has 0 radical (unpaired) electrons. The number of hydrogen-bond donors (Lipinski definition) is 1. The minimum atomic E-state index is -0.567. The normalized spacial score (nSPS) is 22.6. The summed E-state index contributed by atoms with van der Waals surface area (Å²) in [5.41, 5.74) is 2.52. The number of esters is 1. The molecule has 0 heterocycles. The largest absolute Gasteiger partial charge is 0.459 e. The lowest BCUT2D eigenvalue weighted by atomic mass is 9.83. The Hall–Kier alpha value is -2.17. The van der Waals surface area contributed by atoms with Crippen molar-refractivity contribution in [2.75, 3.05) is 6.54 Å². The third-order valence-corrected chi connectivity index (χ3v) is 5.21. The fourth-order valence-electron chi connectivity index (χ4n) is 3.99.